The molecule has 0 radical (unpaired) electrons. The van der Waals surface area contributed by atoms with Crippen molar-refractivity contribution < 1.29 is 29.7 Å². The van der Waals surface area contributed by atoms with Gasteiger partial charge in [0.1, 0.15) is 24.1 Å². The molecule has 0 aromatic heterocycles. The second-order valence-electron chi connectivity index (χ2n) is 4.67. The van der Waals surface area contributed by atoms with Gasteiger partial charge in [-0.3, -0.25) is 10.1 Å². The number of hydrogen-bond acceptors (Lipinski definition) is 7. The van der Waals surface area contributed by atoms with Gasteiger partial charge in [0.05, 0.1) is 16.0 Å². The molecule has 2 unspecified atom stereocenters. The van der Waals surface area contributed by atoms with E-state index in [1.807, 2.05) is 0 Å². The third-order valence-corrected chi connectivity index (χ3v) is 3.47. The molecule has 116 valence electrons. The normalized spacial score (nSPS) is 32.7. The lowest BCUT2D eigenvalue weighted by Crippen LogP contribution is -2.58. The molecule has 1 heterocycles. The van der Waals surface area contributed by atoms with Crippen molar-refractivity contribution in [1.82, 2.24) is 0 Å². The van der Waals surface area contributed by atoms with Gasteiger partial charge in [0.2, 0.25) is 6.29 Å². The lowest BCUT2D eigenvalue weighted by Gasteiger charge is -2.38. The van der Waals surface area contributed by atoms with Crippen LogP contribution in [-0.2, 0) is 4.74 Å². The van der Waals surface area contributed by atoms with Gasteiger partial charge in [0.25, 0.3) is 5.69 Å². The quantitative estimate of drug-likeness (QED) is 0.546. The summed E-state index contributed by atoms with van der Waals surface area (Å²) >= 11 is 5.86. The number of hydrogen-bond donors (Lipinski definition) is 3. The van der Waals surface area contributed by atoms with Crippen LogP contribution in [0.25, 0.3) is 0 Å². The molecule has 1 saturated heterocycles. The van der Waals surface area contributed by atoms with Gasteiger partial charge in [-0.2, -0.15) is 0 Å². The molecule has 0 aliphatic carbocycles. The largest absolute Gasteiger partial charge is 0.460 e. The van der Waals surface area contributed by atoms with Gasteiger partial charge in [-0.05, 0) is 13.0 Å². The predicted octanol–water partition coefficient (Wildman–Crippen LogP) is 0.454. The summed E-state index contributed by atoms with van der Waals surface area (Å²) in [7, 11) is 0. The van der Waals surface area contributed by atoms with Crippen LogP contribution >= 0.6 is 11.6 Å². The molecule has 5 atom stereocenters. The van der Waals surface area contributed by atoms with Gasteiger partial charge in [0.15, 0.2) is 0 Å². The first-order chi connectivity index (χ1) is 9.81. The van der Waals surface area contributed by atoms with E-state index in [1.165, 1.54) is 19.1 Å². The third kappa shape index (κ3) is 3.25. The van der Waals surface area contributed by atoms with Crippen LogP contribution in [0.15, 0.2) is 18.2 Å². The second kappa shape index (κ2) is 6.12. The summed E-state index contributed by atoms with van der Waals surface area (Å²) in [5, 5.41) is 39.6. The zero-order valence-electron chi connectivity index (χ0n) is 10.9. The van der Waals surface area contributed by atoms with Crippen molar-refractivity contribution in [3.8, 4) is 5.75 Å². The average Bonchev–Trinajstić information content (AvgIpc) is 2.44. The first-order valence-corrected chi connectivity index (χ1v) is 6.49. The van der Waals surface area contributed by atoms with Crippen LogP contribution in [0, 0.1) is 10.1 Å². The molecule has 9 heteroatoms. The molecule has 1 aliphatic heterocycles. The molecule has 0 bridgehead atoms. The molecule has 3 N–H and O–H groups in total. The van der Waals surface area contributed by atoms with E-state index in [1.54, 1.807) is 0 Å². The summed E-state index contributed by atoms with van der Waals surface area (Å²) in [5.74, 6) is 0.0575. The predicted molar refractivity (Wildman–Crippen MR) is 71.1 cm³/mol. The number of nitro groups is 1. The Morgan fingerprint density at radius 2 is 1.95 bits per heavy atom. The highest BCUT2D eigenvalue weighted by Gasteiger charge is 2.43. The Balaban J connectivity index is 2.16. The fourth-order valence-electron chi connectivity index (χ4n) is 1.93. The molecule has 8 nitrogen and oxygen atoms in total. The summed E-state index contributed by atoms with van der Waals surface area (Å²) < 4.78 is 10.6. The molecule has 0 saturated carbocycles. The molecule has 1 fully saturated rings. The SMILES string of the molecule is CC1O[C@H](Oc2ccc([N+](=O)[O-])cc2Cl)C(O)[C@H](O)[C@H]1O. The number of nitrogens with zero attached hydrogens (tertiary/aromatic N) is 1. The average molecular weight is 320 g/mol. The van der Waals surface area contributed by atoms with Gasteiger partial charge in [-0.25, -0.2) is 0 Å². The topological polar surface area (TPSA) is 122 Å². The summed E-state index contributed by atoms with van der Waals surface area (Å²) in [5.41, 5.74) is -0.207. The summed E-state index contributed by atoms with van der Waals surface area (Å²) in [6.07, 6.45) is -6.17. The van der Waals surface area contributed by atoms with Crippen molar-refractivity contribution >= 4 is 17.3 Å². The van der Waals surface area contributed by atoms with E-state index >= 15 is 0 Å². The van der Waals surface area contributed by atoms with E-state index in [9.17, 15) is 25.4 Å². The molecule has 1 aliphatic rings. The van der Waals surface area contributed by atoms with Crippen LogP contribution in [0.1, 0.15) is 6.92 Å². The standard InChI is InChI=1S/C12H14ClNO7/c1-5-9(15)10(16)11(17)12(20-5)21-8-3-2-6(14(18)19)4-7(8)13/h2-5,9-12,15-17H,1H3/t5?,9-,10+,11?,12+/m0/s1. The third-order valence-electron chi connectivity index (χ3n) is 3.18. The van der Waals surface area contributed by atoms with Crippen molar-refractivity contribution in [2.24, 2.45) is 0 Å². The Morgan fingerprint density at radius 1 is 1.29 bits per heavy atom. The monoisotopic (exact) mass is 319 g/mol. The van der Waals surface area contributed by atoms with Crippen molar-refractivity contribution in [2.75, 3.05) is 0 Å². The first kappa shape index (κ1) is 15.9. The second-order valence-corrected chi connectivity index (χ2v) is 5.08. The molecular weight excluding hydrogens is 306 g/mol. The fourth-order valence-corrected chi connectivity index (χ4v) is 2.15. The maximum atomic E-state index is 10.6. The number of ether oxygens (including phenoxy) is 2. The van der Waals surface area contributed by atoms with Crippen molar-refractivity contribution in [3.63, 3.8) is 0 Å². The number of aliphatic hydroxyl groups excluding tert-OH is 3. The first-order valence-electron chi connectivity index (χ1n) is 6.11. The van der Waals surface area contributed by atoms with Gasteiger partial charge >= 0.3 is 0 Å². The minimum absolute atomic E-state index is 0.0340. The van der Waals surface area contributed by atoms with E-state index in [2.05, 4.69) is 0 Å². The highest BCUT2D eigenvalue weighted by molar-refractivity contribution is 6.32. The zero-order chi connectivity index (χ0) is 15.7. The fraction of sp³-hybridized carbons (Fsp3) is 0.500. The molecular formula is C12H14ClNO7. The Kier molecular flexibility index (Phi) is 4.64. The van der Waals surface area contributed by atoms with Crippen molar-refractivity contribution in [3.05, 3.63) is 33.3 Å². The lowest BCUT2D eigenvalue weighted by molar-refractivity contribution is -0.384. The lowest BCUT2D eigenvalue weighted by atomic mass is 10.00. The van der Waals surface area contributed by atoms with Gasteiger partial charge < -0.3 is 24.8 Å². The van der Waals surface area contributed by atoms with Crippen LogP contribution in [0.4, 0.5) is 5.69 Å². The molecule has 2 rings (SSSR count). The Morgan fingerprint density at radius 3 is 2.52 bits per heavy atom. The molecule has 21 heavy (non-hydrogen) atoms. The van der Waals surface area contributed by atoms with Crippen LogP contribution < -0.4 is 4.74 Å². The summed E-state index contributed by atoms with van der Waals surface area (Å²) in [6.45, 7) is 1.51. The van der Waals surface area contributed by atoms with E-state index in [4.69, 9.17) is 21.1 Å². The van der Waals surface area contributed by atoms with E-state index in [0.29, 0.717) is 0 Å². The maximum Gasteiger partial charge on any atom is 0.271 e. The highest BCUT2D eigenvalue weighted by Crippen LogP contribution is 2.31. The van der Waals surface area contributed by atoms with Gasteiger partial charge in [-0.1, -0.05) is 11.6 Å². The molecule has 1 aromatic carbocycles. The molecule has 1 aromatic rings. The van der Waals surface area contributed by atoms with E-state index in [0.717, 1.165) is 6.07 Å². The van der Waals surface area contributed by atoms with Crippen LogP contribution in [-0.4, -0.2) is 50.9 Å². The van der Waals surface area contributed by atoms with Gasteiger partial charge in [0, 0.05) is 12.1 Å². The van der Waals surface area contributed by atoms with Crippen LogP contribution in [0.2, 0.25) is 5.02 Å². The molecule has 0 spiro atoms. The number of nitro benzene ring substituents is 1. The maximum absolute atomic E-state index is 10.6. The van der Waals surface area contributed by atoms with E-state index in [-0.39, 0.29) is 16.5 Å². The zero-order valence-corrected chi connectivity index (χ0v) is 11.7. The summed E-state index contributed by atoms with van der Waals surface area (Å²) in [4.78, 5) is 10.0. The van der Waals surface area contributed by atoms with Crippen LogP contribution in [0.5, 0.6) is 5.75 Å². The van der Waals surface area contributed by atoms with Crippen molar-refractivity contribution in [2.45, 2.75) is 37.6 Å². The van der Waals surface area contributed by atoms with Gasteiger partial charge in [-0.15, -0.1) is 0 Å². The number of rotatable bonds is 3. The summed E-state index contributed by atoms with van der Waals surface area (Å²) in [6, 6.07) is 3.55. The number of benzene rings is 1. The van der Waals surface area contributed by atoms with E-state index < -0.39 is 35.6 Å². The minimum Gasteiger partial charge on any atom is -0.460 e. The Bertz CT molecular complexity index is 540. The number of aliphatic hydroxyl groups is 3. The molecule has 0 amide bonds. The highest BCUT2D eigenvalue weighted by atomic mass is 35.5. The van der Waals surface area contributed by atoms with Crippen molar-refractivity contribution in [1.29, 1.82) is 0 Å². The van der Waals surface area contributed by atoms with Crippen LogP contribution in [0.3, 0.4) is 0 Å². The minimum atomic E-state index is -1.48. The Hall–Kier alpha value is -1.45. The number of non-ortho nitro benzene ring substituents is 1. The Labute approximate surface area is 124 Å². The number of halogens is 1. The smallest absolute Gasteiger partial charge is 0.271 e.